The molecule has 98 valence electrons. The lowest BCUT2D eigenvalue weighted by atomic mass is 10.1. The summed E-state index contributed by atoms with van der Waals surface area (Å²) in [6, 6.07) is 4.53. The van der Waals surface area contributed by atoms with Crippen LogP contribution in [0.15, 0.2) is 18.2 Å². The Bertz CT molecular complexity index is 433. The van der Waals surface area contributed by atoms with Gasteiger partial charge < -0.3 is 10.1 Å². The number of carbonyl (C=O) groups excluding carboxylic acids is 1. The molecule has 0 spiro atoms. The quantitative estimate of drug-likeness (QED) is 0.912. The van der Waals surface area contributed by atoms with Crippen LogP contribution in [0.1, 0.15) is 25.7 Å². The topological polar surface area (TPSA) is 38.3 Å². The third-order valence-electron chi connectivity index (χ3n) is 2.94. The van der Waals surface area contributed by atoms with E-state index in [1.807, 2.05) is 0 Å². The molecule has 0 unspecified atom stereocenters. The predicted octanol–water partition coefficient (Wildman–Crippen LogP) is 3.38. The minimum absolute atomic E-state index is 0.00641. The standard InChI is InChI=1S/C13H15ClFNO2/c14-10-4-1-5-11(13(10)15)16-12(17)7-6-9-3-2-8-18-9/h1,4-5,9H,2-3,6-8H2,(H,16,17)/t9-/m0/s1. The number of amides is 1. The van der Waals surface area contributed by atoms with Crippen LogP contribution in [0.2, 0.25) is 5.02 Å². The molecule has 1 aliphatic heterocycles. The first-order chi connectivity index (χ1) is 8.66. The summed E-state index contributed by atoms with van der Waals surface area (Å²) >= 11 is 5.63. The van der Waals surface area contributed by atoms with Gasteiger partial charge in [-0.25, -0.2) is 4.39 Å². The normalized spacial score (nSPS) is 18.9. The number of nitrogens with one attached hydrogen (secondary N) is 1. The van der Waals surface area contributed by atoms with E-state index in [0.29, 0.717) is 12.8 Å². The zero-order valence-electron chi connectivity index (χ0n) is 9.92. The van der Waals surface area contributed by atoms with Crippen LogP contribution in [-0.2, 0) is 9.53 Å². The molecule has 18 heavy (non-hydrogen) atoms. The molecule has 0 bridgehead atoms. The van der Waals surface area contributed by atoms with Crippen LogP contribution < -0.4 is 5.32 Å². The lowest BCUT2D eigenvalue weighted by Gasteiger charge is -2.10. The maximum absolute atomic E-state index is 13.5. The molecule has 2 rings (SSSR count). The van der Waals surface area contributed by atoms with E-state index in [2.05, 4.69) is 5.32 Å². The first-order valence-corrected chi connectivity index (χ1v) is 6.40. The zero-order valence-corrected chi connectivity index (χ0v) is 10.7. The summed E-state index contributed by atoms with van der Waals surface area (Å²) in [6.07, 6.45) is 3.22. The third kappa shape index (κ3) is 3.43. The second-order valence-electron chi connectivity index (χ2n) is 4.32. The van der Waals surface area contributed by atoms with Gasteiger partial charge in [0.1, 0.15) is 0 Å². The Morgan fingerprint density at radius 2 is 2.39 bits per heavy atom. The Kier molecular flexibility index (Phi) is 4.55. The van der Waals surface area contributed by atoms with E-state index in [1.165, 1.54) is 12.1 Å². The molecule has 0 aromatic heterocycles. The molecule has 0 radical (unpaired) electrons. The summed E-state index contributed by atoms with van der Waals surface area (Å²) in [4.78, 5) is 11.7. The summed E-state index contributed by atoms with van der Waals surface area (Å²) in [6.45, 7) is 0.773. The van der Waals surface area contributed by atoms with Crippen molar-refractivity contribution in [3.05, 3.63) is 29.0 Å². The molecule has 0 aliphatic carbocycles. The average Bonchev–Trinajstić information content (AvgIpc) is 2.86. The zero-order chi connectivity index (χ0) is 13.0. The van der Waals surface area contributed by atoms with E-state index in [0.717, 1.165) is 19.4 Å². The van der Waals surface area contributed by atoms with Gasteiger partial charge in [0.25, 0.3) is 0 Å². The lowest BCUT2D eigenvalue weighted by molar-refractivity contribution is -0.116. The highest BCUT2D eigenvalue weighted by molar-refractivity contribution is 6.31. The highest BCUT2D eigenvalue weighted by atomic mass is 35.5. The summed E-state index contributed by atoms with van der Waals surface area (Å²) in [5, 5.41) is 2.53. The van der Waals surface area contributed by atoms with Gasteiger partial charge in [-0.3, -0.25) is 4.79 Å². The molecule has 1 saturated heterocycles. The van der Waals surface area contributed by atoms with Gasteiger partial charge in [0.15, 0.2) is 5.82 Å². The van der Waals surface area contributed by atoms with Gasteiger partial charge in [0.05, 0.1) is 16.8 Å². The molecule has 1 aromatic rings. The van der Waals surface area contributed by atoms with E-state index in [9.17, 15) is 9.18 Å². The van der Waals surface area contributed by atoms with Crippen LogP contribution >= 0.6 is 11.6 Å². The van der Waals surface area contributed by atoms with Crippen molar-refractivity contribution in [1.29, 1.82) is 0 Å². The molecule has 1 N–H and O–H groups in total. The van der Waals surface area contributed by atoms with Gasteiger partial charge >= 0.3 is 0 Å². The number of halogens is 2. The monoisotopic (exact) mass is 271 g/mol. The number of carbonyl (C=O) groups is 1. The lowest BCUT2D eigenvalue weighted by Crippen LogP contribution is -2.16. The molecule has 1 amide bonds. The molecule has 5 heteroatoms. The van der Waals surface area contributed by atoms with Crippen molar-refractivity contribution in [3.63, 3.8) is 0 Å². The van der Waals surface area contributed by atoms with Crippen molar-refractivity contribution in [2.75, 3.05) is 11.9 Å². The minimum Gasteiger partial charge on any atom is -0.378 e. The second kappa shape index (κ2) is 6.16. The number of hydrogen-bond acceptors (Lipinski definition) is 2. The molecule has 1 heterocycles. The third-order valence-corrected chi connectivity index (χ3v) is 3.23. The Morgan fingerprint density at radius 3 is 3.11 bits per heavy atom. The number of hydrogen-bond donors (Lipinski definition) is 1. The highest BCUT2D eigenvalue weighted by Crippen LogP contribution is 2.22. The van der Waals surface area contributed by atoms with Crippen LogP contribution in [0, 0.1) is 5.82 Å². The van der Waals surface area contributed by atoms with Gasteiger partial charge in [0.2, 0.25) is 5.91 Å². The minimum atomic E-state index is -0.593. The first kappa shape index (κ1) is 13.3. The molecule has 1 fully saturated rings. The van der Waals surface area contributed by atoms with Crippen molar-refractivity contribution < 1.29 is 13.9 Å². The first-order valence-electron chi connectivity index (χ1n) is 6.02. The molecular weight excluding hydrogens is 257 g/mol. The van der Waals surface area contributed by atoms with Crippen molar-refractivity contribution in [1.82, 2.24) is 0 Å². The van der Waals surface area contributed by atoms with Crippen LogP contribution in [0.4, 0.5) is 10.1 Å². The summed E-state index contributed by atoms with van der Waals surface area (Å²) in [5.74, 6) is -0.809. The van der Waals surface area contributed by atoms with Crippen molar-refractivity contribution in [2.45, 2.75) is 31.8 Å². The fraction of sp³-hybridized carbons (Fsp3) is 0.462. The second-order valence-corrected chi connectivity index (χ2v) is 4.73. The summed E-state index contributed by atoms with van der Waals surface area (Å²) < 4.78 is 19.0. The Balaban J connectivity index is 1.84. The molecular formula is C13H15ClFNO2. The number of anilines is 1. The van der Waals surface area contributed by atoms with Gasteiger partial charge in [0, 0.05) is 13.0 Å². The van der Waals surface area contributed by atoms with E-state index in [-0.39, 0.29) is 22.7 Å². The Labute approximate surface area is 110 Å². The Hall–Kier alpha value is -1.13. The van der Waals surface area contributed by atoms with Crippen LogP contribution in [0.25, 0.3) is 0 Å². The molecule has 1 aliphatic rings. The van der Waals surface area contributed by atoms with Crippen molar-refractivity contribution in [2.24, 2.45) is 0 Å². The molecule has 1 aromatic carbocycles. The van der Waals surface area contributed by atoms with E-state index in [1.54, 1.807) is 6.07 Å². The van der Waals surface area contributed by atoms with E-state index < -0.39 is 5.82 Å². The number of ether oxygens (including phenoxy) is 1. The Morgan fingerprint density at radius 1 is 1.56 bits per heavy atom. The van der Waals surface area contributed by atoms with Gasteiger partial charge in [-0.05, 0) is 31.4 Å². The summed E-state index contributed by atoms with van der Waals surface area (Å²) in [5.41, 5.74) is 0.125. The summed E-state index contributed by atoms with van der Waals surface area (Å²) in [7, 11) is 0. The van der Waals surface area contributed by atoms with Gasteiger partial charge in [-0.1, -0.05) is 17.7 Å². The molecule has 3 nitrogen and oxygen atoms in total. The van der Waals surface area contributed by atoms with E-state index in [4.69, 9.17) is 16.3 Å². The highest BCUT2D eigenvalue weighted by Gasteiger charge is 2.17. The maximum Gasteiger partial charge on any atom is 0.224 e. The van der Waals surface area contributed by atoms with Crippen LogP contribution in [-0.4, -0.2) is 18.6 Å². The van der Waals surface area contributed by atoms with Gasteiger partial charge in [-0.2, -0.15) is 0 Å². The smallest absolute Gasteiger partial charge is 0.224 e. The SMILES string of the molecule is O=C(CC[C@@H]1CCCO1)Nc1cccc(Cl)c1F. The fourth-order valence-corrected chi connectivity index (χ4v) is 2.15. The van der Waals surface area contributed by atoms with Crippen molar-refractivity contribution in [3.8, 4) is 0 Å². The molecule has 0 saturated carbocycles. The molecule has 1 atom stereocenters. The van der Waals surface area contributed by atoms with E-state index >= 15 is 0 Å². The number of rotatable bonds is 4. The van der Waals surface area contributed by atoms with Crippen LogP contribution in [0.5, 0.6) is 0 Å². The van der Waals surface area contributed by atoms with Gasteiger partial charge in [-0.15, -0.1) is 0 Å². The van der Waals surface area contributed by atoms with Crippen LogP contribution in [0.3, 0.4) is 0 Å². The average molecular weight is 272 g/mol. The largest absolute Gasteiger partial charge is 0.378 e. The maximum atomic E-state index is 13.5. The predicted molar refractivity (Wildman–Crippen MR) is 68.2 cm³/mol. The fourth-order valence-electron chi connectivity index (χ4n) is 1.98. The van der Waals surface area contributed by atoms with Crippen molar-refractivity contribution >= 4 is 23.2 Å². The number of benzene rings is 1.